The number of nitrogens with zero attached hydrogens (tertiary/aromatic N) is 1. The predicted octanol–water partition coefficient (Wildman–Crippen LogP) is 7.26. The lowest BCUT2D eigenvalue weighted by atomic mass is 9.66. The monoisotopic (exact) mass is 317 g/mol. The summed E-state index contributed by atoms with van der Waals surface area (Å²) >= 11 is 0. The van der Waals surface area contributed by atoms with Gasteiger partial charge in [-0.2, -0.15) is 5.26 Å². The van der Waals surface area contributed by atoms with Crippen molar-refractivity contribution in [3.05, 3.63) is 0 Å². The van der Waals surface area contributed by atoms with Crippen molar-refractivity contribution in [3.8, 4) is 6.07 Å². The van der Waals surface area contributed by atoms with Crippen LogP contribution in [0.3, 0.4) is 0 Å². The number of rotatable bonds is 8. The van der Waals surface area contributed by atoms with Crippen molar-refractivity contribution in [3.63, 3.8) is 0 Å². The zero-order chi connectivity index (χ0) is 16.5. The molecule has 0 atom stereocenters. The molecule has 1 nitrogen and oxygen atoms in total. The maximum atomic E-state index is 9.80. The minimum atomic E-state index is 0.0446. The second-order valence-electron chi connectivity index (χ2n) is 8.69. The SMILES string of the molecule is CCCC[C@H]1CC[C@@](C#N)(CC[C@H]2CC[C@H](CCC)CC2)CC1. The molecule has 2 rings (SSSR count). The second-order valence-corrected chi connectivity index (χ2v) is 8.69. The molecule has 0 saturated heterocycles. The minimum Gasteiger partial charge on any atom is -0.198 e. The van der Waals surface area contributed by atoms with Gasteiger partial charge in [-0.3, -0.25) is 0 Å². The summed E-state index contributed by atoms with van der Waals surface area (Å²) in [6.07, 6.45) is 20.2. The molecule has 0 heterocycles. The highest BCUT2D eigenvalue weighted by atomic mass is 14.4. The topological polar surface area (TPSA) is 23.8 Å². The summed E-state index contributed by atoms with van der Waals surface area (Å²) in [6.45, 7) is 4.61. The van der Waals surface area contributed by atoms with E-state index in [1.165, 1.54) is 96.3 Å². The Morgan fingerprint density at radius 3 is 1.87 bits per heavy atom. The first kappa shape index (κ1) is 18.8. The zero-order valence-corrected chi connectivity index (χ0v) is 15.8. The summed E-state index contributed by atoms with van der Waals surface area (Å²) in [5.74, 6) is 2.85. The highest BCUT2D eigenvalue weighted by Gasteiger charge is 2.35. The Bertz CT molecular complexity index is 351. The maximum Gasteiger partial charge on any atom is 0.0689 e. The third kappa shape index (κ3) is 5.81. The second kappa shape index (κ2) is 9.71. The Balaban J connectivity index is 1.71. The van der Waals surface area contributed by atoms with Crippen molar-refractivity contribution in [1.82, 2.24) is 0 Å². The highest BCUT2D eigenvalue weighted by Crippen LogP contribution is 2.45. The fourth-order valence-electron chi connectivity index (χ4n) is 5.13. The van der Waals surface area contributed by atoms with Crippen molar-refractivity contribution in [2.45, 2.75) is 110 Å². The molecule has 0 aromatic rings. The van der Waals surface area contributed by atoms with Gasteiger partial charge in [0.15, 0.2) is 0 Å². The van der Waals surface area contributed by atoms with Crippen LogP contribution >= 0.6 is 0 Å². The van der Waals surface area contributed by atoms with Crippen LogP contribution in [0.2, 0.25) is 0 Å². The minimum absolute atomic E-state index is 0.0446. The van der Waals surface area contributed by atoms with Crippen LogP contribution < -0.4 is 0 Å². The molecule has 0 spiro atoms. The Kier molecular flexibility index (Phi) is 7.94. The predicted molar refractivity (Wildman–Crippen MR) is 99.1 cm³/mol. The van der Waals surface area contributed by atoms with E-state index in [-0.39, 0.29) is 5.41 Å². The molecule has 0 aliphatic heterocycles. The summed E-state index contributed by atoms with van der Waals surface area (Å²) in [7, 11) is 0. The molecule has 1 heteroatoms. The molecule has 23 heavy (non-hydrogen) atoms. The molecular weight excluding hydrogens is 278 g/mol. The molecule has 0 bridgehead atoms. The van der Waals surface area contributed by atoms with Crippen molar-refractivity contribution < 1.29 is 0 Å². The van der Waals surface area contributed by atoms with Crippen molar-refractivity contribution in [2.75, 3.05) is 0 Å². The fourth-order valence-corrected chi connectivity index (χ4v) is 5.13. The molecule has 2 fully saturated rings. The smallest absolute Gasteiger partial charge is 0.0689 e. The first-order valence-electron chi connectivity index (χ1n) is 10.6. The van der Waals surface area contributed by atoms with E-state index in [0.29, 0.717) is 0 Å². The van der Waals surface area contributed by atoms with E-state index in [4.69, 9.17) is 0 Å². The van der Waals surface area contributed by atoms with Crippen LogP contribution in [0.15, 0.2) is 0 Å². The number of hydrogen-bond donors (Lipinski definition) is 0. The van der Waals surface area contributed by atoms with Gasteiger partial charge in [0.25, 0.3) is 0 Å². The van der Waals surface area contributed by atoms with Crippen LogP contribution in [0, 0.1) is 34.5 Å². The van der Waals surface area contributed by atoms with Gasteiger partial charge in [0.05, 0.1) is 11.5 Å². The summed E-state index contributed by atoms with van der Waals surface area (Å²) in [5.41, 5.74) is 0.0446. The molecule has 0 N–H and O–H groups in total. The lowest BCUT2D eigenvalue weighted by Crippen LogP contribution is -2.27. The highest BCUT2D eigenvalue weighted by molar-refractivity contribution is 5.01. The first-order chi connectivity index (χ1) is 11.2. The Morgan fingerprint density at radius 1 is 0.783 bits per heavy atom. The largest absolute Gasteiger partial charge is 0.198 e. The van der Waals surface area contributed by atoms with Gasteiger partial charge in [0.1, 0.15) is 0 Å². The lowest BCUT2D eigenvalue weighted by molar-refractivity contribution is 0.163. The van der Waals surface area contributed by atoms with E-state index in [0.717, 1.165) is 17.8 Å². The van der Waals surface area contributed by atoms with Crippen LogP contribution in [0.5, 0.6) is 0 Å². The average Bonchev–Trinajstić information content (AvgIpc) is 2.61. The molecule has 2 aliphatic rings. The molecular formula is C22H39N. The molecule has 2 saturated carbocycles. The fraction of sp³-hybridized carbons (Fsp3) is 0.955. The van der Waals surface area contributed by atoms with Gasteiger partial charge < -0.3 is 0 Å². The number of nitriles is 1. The van der Waals surface area contributed by atoms with Crippen LogP contribution in [0.1, 0.15) is 110 Å². The van der Waals surface area contributed by atoms with Crippen LogP contribution in [-0.2, 0) is 0 Å². The number of hydrogen-bond acceptors (Lipinski definition) is 1. The Hall–Kier alpha value is -0.510. The third-order valence-electron chi connectivity index (χ3n) is 6.96. The molecule has 0 aromatic heterocycles. The van der Waals surface area contributed by atoms with E-state index in [2.05, 4.69) is 19.9 Å². The van der Waals surface area contributed by atoms with Gasteiger partial charge >= 0.3 is 0 Å². The van der Waals surface area contributed by atoms with Gasteiger partial charge in [-0.05, 0) is 56.3 Å². The summed E-state index contributed by atoms with van der Waals surface area (Å²) in [6, 6.07) is 2.76. The lowest BCUT2D eigenvalue weighted by Gasteiger charge is -2.37. The normalized spacial score (nSPS) is 34.9. The maximum absolute atomic E-state index is 9.80. The van der Waals surface area contributed by atoms with E-state index in [1.807, 2.05) is 0 Å². The van der Waals surface area contributed by atoms with E-state index in [9.17, 15) is 5.26 Å². The van der Waals surface area contributed by atoms with Crippen LogP contribution in [0.4, 0.5) is 0 Å². The molecule has 0 radical (unpaired) electrons. The standard InChI is InChI=1S/C22H39N/c1-3-5-7-20-12-15-22(18-23,16-13-20)17-14-21-10-8-19(6-4-2)9-11-21/h19-21H,3-17H2,1-2H3/t19-,20-,21-,22-. The van der Waals surface area contributed by atoms with Crippen molar-refractivity contribution >= 4 is 0 Å². The molecule has 0 amide bonds. The van der Waals surface area contributed by atoms with Crippen molar-refractivity contribution in [1.29, 1.82) is 5.26 Å². The van der Waals surface area contributed by atoms with E-state index in [1.54, 1.807) is 0 Å². The van der Waals surface area contributed by atoms with Crippen LogP contribution in [0.25, 0.3) is 0 Å². The zero-order valence-electron chi connectivity index (χ0n) is 15.8. The van der Waals surface area contributed by atoms with Crippen molar-refractivity contribution in [2.24, 2.45) is 23.2 Å². The van der Waals surface area contributed by atoms with Crippen LogP contribution in [-0.4, -0.2) is 0 Å². The number of unbranched alkanes of at least 4 members (excludes halogenated alkanes) is 1. The van der Waals surface area contributed by atoms with Gasteiger partial charge in [0, 0.05) is 0 Å². The molecule has 132 valence electrons. The quantitative estimate of drug-likeness (QED) is 0.462. The summed E-state index contributed by atoms with van der Waals surface area (Å²) in [5, 5.41) is 9.80. The Labute approximate surface area is 145 Å². The Morgan fingerprint density at radius 2 is 1.35 bits per heavy atom. The van der Waals surface area contributed by atoms with Gasteiger partial charge in [-0.25, -0.2) is 0 Å². The summed E-state index contributed by atoms with van der Waals surface area (Å²) in [4.78, 5) is 0. The van der Waals surface area contributed by atoms with Gasteiger partial charge in [-0.1, -0.05) is 71.6 Å². The average molecular weight is 318 g/mol. The van der Waals surface area contributed by atoms with Gasteiger partial charge in [0.2, 0.25) is 0 Å². The third-order valence-corrected chi connectivity index (χ3v) is 6.96. The molecule has 0 unspecified atom stereocenters. The molecule has 2 aliphatic carbocycles. The van der Waals surface area contributed by atoms with E-state index >= 15 is 0 Å². The van der Waals surface area contributed by atoms with Gasteiger partial charge in [-0.15, -0.1) is 0 Å². The first-order valence-corrected chi connectivity index (χ1v) is 10.6. The molecule has 0 aromatic carbocycles. The van der Waals surface area contributed by atoms with E-state index < -0.39 is 0 Å². The summed E-state index contributed by atoms with van der Waals surface area (Å²) < 4.78 is 0.